The highest BCUT2D eigenvalue weighted by Crippen LogP contribution is 2.32. The Hall–Kier alpha value is -2.75. The van der Waals surface area contributed by atoms with Gasteiger partial charge in [-0.3, -0.25) is 4.79 Å². The fraction of sp³-hybridized carbons (Fsp3) is 0.0625. The minimum absolute atomic E-state index is 0.0910. The molecule has 100 valence electrons. The van der Waals surface area contributed by atoms with Crippen molar-refractivity contribution < 1.29 is 14.3 Å². The summed E-state index contributed by atoms with van der Waals surface area (Å²) in [5.74, 6) is 1.19. The Bertz CT molecular complexity index is 650. The van der Waals surface area contributed by atoms with E-state index in [4.69, 9.17) is 9.47 Å². The van der Waals surface area contributed by atoms with Gasteiger partial charge in [0.15, 0.2) is 17.3 Å². The van der Waals surface area contributed by atoms with E-state index in [1.54, 1.807) is 24.4 Å². The van der Waals surface area contributed by atoms with Gasteiger partial charge in [0, 0.05) is 23.5 Å². The minimum atomic E-state index is -0.0910. The molecule has 1 aliphatic heterocycles. The molecule has 2 aromatic carbocycles. The van der Waals surface area contributed by atoms with Crippen molar-refractivity contribution in [3.63, 3.8) is 0 Å². The highest BCUT2D eigenvalue weighted by atomic mass is 16.7. The third kappa shape index (κ3) is 2.64. The number of benzene rings is 2. The SMILES string of the molecule is O=C(C=CNc1ccccc1)c1ccc2c(c1)OCO2. The molecule has 0 unspecified atom stereocenters. The van der Waals surface area contributed by atoms with Crippen molar-refractivity contribution >= 4 is 11.5 Å². The van der Waals surface area contributed by atoms with E-state index in [9.17, 15) is 4.79 Å². The summed E-state index contributed by atoms with van der Waals surface area (Å²) in [6.45, 7) is 0.207. The van der Waals surface area contributed by atoms with Crippen molar-refractivity contribution in [1.29, 1.82) is 0 Å². The lowest BCUT2D eigenvalue weighted by atomic mass is 10.1. The standard InChI is InChI=1S/C16H13NO3/c18-14(8-9-17-13-4-2-1-3-5-13)12-6-7-15-16(10-12)20-11-19-15/h1-10,17H,11H2. The minimum Gasteiger partial charge on any atom is -0.454 e. The molecule has 3 rings (SSSR count). The zero-order valence-electron chi connectivity index (χ0n) is 10.7. The second kappa shape index (κ2) is 5.48. The van der Waals surface area contributed by atoms with Crippen LogP contribution in [0.25, 0.3) is 0 Å². The maximum absolute atomic E-state index is 12.0. The van der Waals surface area contributed by atoms with E-state index in [0.717, 1.165) is 5.69 Å². The zero-order valence-corrected chi connectivity index (χ0v) is 10.7. The average molecular weight is 267 g/mol. The molecule has 20 heavy (non-hydrogen) atoms. The number of rotatable bonds is 4. The molecule has 0 bridgehead atoms. The summed E-state index contributed by atoms with van der Waals surface area (Å²) in [7, 11) is 0. The number of ether oxygens (including phenoxy) is 2. The Morgan fingerprint density at radius 1 is 1.05 bits per heavy atom. The lowest BCUT2D eigenvalue weighted by Crippen LogP contribution is -1.96. The number of ketones is 1. The van der Waals surface area contributed by atoms with Crippen LogP contribution in [0.3, 0.4) is 0 Å². The topological polar surface area (TPSA) is 47.6 Å². The normalized spacial score (nSPS) is 12.6. The summed E-state index contributed by atoms with van der Waals surface area (Å²) in [5, 5.41) is 3.04. The molecule has 4 heteroatoms. The largest absolute Gasteiger partial charge is 0.454 e. The fourth-order valence-electron chi connectivity index (χ4n) is 1.89. The van der Waals surface area contributed by atoms with Crippen molar-refractivity contribution in [2.24, 2.45) is 0 Å². The first-order valence-corrected chi connectivity index (χ1v) is 6.25. The van der Waals surface area contributed by atoms with Gasteiger partial charge in [0.05, 0.1) is 0 Å². The number of fused-ring (bicyclic) bond motifs is 1. The van der Waals surface area contributed by atoms with Crippen molar-refractivity contribution in [1.82, 2.24) is 0 Å². The van der Waals surface area contributed by atoms with Gasteiger partial charge in [-0.05, 0) is 30.3 Å². The van der Waals surface area contributed by atoms with Gasteiger partial charge in [0.2, 0.25) is 6.79 Å². The highest BCUT2D eigenvalue weighted by Gasteiger charge is 2.14. The third-order valence-corrected chi connectivity index (χ3v) is 2.92. The van der Waals surface area contributed by atoms with Crippen LogP contribution in [0.15, 0.2) is 60.8 Å². The summed E-state index contributed by atoms with van der Waals surface area (Å²) in [5.41, 5.74) is 1.50. The van der Waals surface area contributed by atoms with Gasteiger partial charge in [0.1, 0.15) is 0 Å². The maximum atomic E-state index is 12.0. The Balaban J connectivity index is 1.67. The monoisotopic (exact) mass is 267 g/mol. The maximum Gasteiger partial charge on any atom is 0.231 e. The average Bonchev–Trinajstić information content (AvgIpc) is 2.95. The summed E-state index contributed by atoms with van der Waals surface area (Å²) in [6, 6.07) is 14.8. The van der Waals surface area contributed by atoms with Gasteiger partial charge >= 0.3 is 0 Å². The molecule has 2 aromatic rings. The van der Waals surface area contributed by atoms with Crippen molar-refractivity contribution in [3.8, 4) is 11.5 Å². The second-order valence-electron chi connectivity index (χ2n) is 4.28. The first kappa shape index (κ1) is 12.3. The molecule has 0 saturated heterocycles. The number of carbonyl (C=O) groups excluding carboxylic acids is 1. The molecular formula is C16H13NO3. The predicted octanol–water partition coefficient (Wildman–Crippen LogP) is 3.22. The van der Waals surface area contributed by atoms with E-state index in [1.165, 1.54) is 6.08 Å². The molecule has 1 aliphatic rings. The van der Waals surface area contributed by atoms with Gasteiger partial charge in [0.25, 0.3) is 0 Å². The summed E-state index contributed by atoms with van der Waals surface area (Å²) >= 11 is 0. The highest BCUT2D eigenvalue weighted by molar-refractivity contribution is 6.05. The van der Waals surface area contributed by atoms with Crippen LogP contribution in [0.4, 0.5) is 5.69 Å². The molecule has 0 spiro atoms. The lowest BCUT2D eigenvalue weighted by Gasteiger charge is -2.00. The zero-order chi connectivity index (χ0) is 13.8. The van der Waals surface area contributed by atoms with E-state index in [0.29, 0.717) is 17.1 Å². The van der Waals surface area contributed by atoms with Gasteiger partial charge in [-0.1, -0.05) is 18.2 Å². The van der Waals surface area contributed by atoms with E-state index in [-0.39, 0.29) is 12.6 Å². The first-order chi connectivity index (χ1) is 9.83. The summed E-state index contributed by atoms with van der Waals surface area (Å²) < 4.78 is 10.5. The number of hydrogen-bond donors (Lipinski definition) is 1. The lowest BCUT2D eigenvalue weighted by molar-refractivity contribution is 0.104. The Kier molecular flexibility index (Phi) is 3.37. The summed E-state index contributed by atoms with van der Waals surface area (Å²) in [6.07, 6.45) is 3.12. The molecule has 1 N–H and O–H groups in total. The van der Waals surface area contributed by atoms with Crippen LogP contribution in [0, 0.1) is 0 Å². The number of carbonyl (C=O) groups is 1. The number of hydrogen-bond acceptors (Lipinski definition) is 4. The Morgan fingerprint density at radius 3 is 2.70 bits per heavy atom. The number of allylic oxidation sites excluding steroid dienone is 1. The van der Waals surface area contributed by atoms with Gasteiger partial charge in [-0.2, -0.15) is 0 Å². The third-order valence-electron chi connectivity index (χ3n) is 2.92. The Labute approximate surface area is 116 Å². The molecule has 0 fully saturated rings. The van der Waals surface area contributed by atoms with Gasteiger partial charge in [-0.25, -0.2) is 0 Å². The number of para-hydroxylation sites is 1. The van der Waals surface area contributed by atoms with Gasteiger partial charge < -0.3 is 14.8 Å². The number of nitrogens with one attached hydrogen (secondary N) is 1. The predicted molar refractivity (Wildman–Crippen MR) is 76.1 cm³/mol. The second-order valence-corrected chi connectivity index (χ2v) is 4.28. The molecule has 0 radical (unpaired) electrons. The van der Waals surface area contributed by atoms with Crippen molar-refractivity contribution in [2.75, 3.05) is 12.1 Å². The smallest absolute Gasteiger partial charge is 0.231 e. The molecule has 0 aliphatic carbocycles. The van der Waals surface area contributed by atoms with Gasteiger partial charge in [-0.15, -0.1) is 0 Å². The fourth-order valence-corrected chi connectivity index (χ4v) is 1.89. The van der Waals surface area contributed by atoms with Crippen LogP contribution in [0.5, 0.6) is 11.5 Å². The first-order valence-electron chi connectivity index (χ1n) is 6.25. The van der Waals surface area contributed by atoms with Crippen LogP contribution in [0.2, 0.25) is 0 Å². The number of anilines is 1. The van der Waals surface area contributed by atoms with E-state index in [1.807, 2.05) is 30.3 Å². The molecular weight excluding hydrogens is 254 g/mol. The molecule has 0 amide bonds. The molecule has 1 heterocycles. The van der Waals surface area contributed by atoms with Crippen molar-refractivity contribution in [3.05, 3.63) is 66.4 Å². The summed E-state index contributed by atoms with van der Waals surface area (Å²) in [4.78, 5) is 12.0. The molecule has 0 atom stereocenters. The molecule has 0 aromatic heterocycles. The van der Waals surface area contributed by atoms with Crippen LogP contribution in [-0.2, 0) is 0 Å². The van der Waals surface area contributed by atoms with E-state index >= 15 is 0 Å². The van der Waals surface area contributed by atoms with Crippen molar-refractivity contribution in [2.45, 2.75) is 0 Å². The Morgan fingerprint density at radius 2 is 1.85 bits per heavy atom. The van der Waals surface area contributed by atoms with Crippen LogP contribution >= 0.6 is 0 Å². The van der Waals surface area contributed by atoms with E-state index < -0.39 is 0 Å². The molecule has 0 saturated carbocycles. The van der Waals surface area contributed by atoms with Crippen LogP contribution < -0.4 is 14.8 Å². The molecule has 4 nitrogen and oxygen atoms in total. The van der Waals surface area contributed by atoms with E-state index in [2.05, 4.69) is 5.32 Å². The van der Waals surface area contributed by atoms with Crippen LogP contribution in [-0.4, -0.2) is 12.6 Å². The van der Waals surface area contributed by atoms with Crippen LogP contribution in [0.1, 0.15) is 10.4 Å². The quantitative estimate of drug-likeness (QED) is 0.682.